The highest BCUT2D eigenvalue weighted by Gasteiger charge is 2.58. The van der Waals surface area contributed by atoms with Crippen molar-refractivity contribution >= 4 is 25.8 Å². The van der Waals surface area contributed by atoms with Gasteiger partial charge in [-0.3, -0.25) is 10.1 Å². The molecule has 0 aliphatic carbocycles. The van der Waals surface area contributed by atoms with Crippen molar-refractivity contribution in [3.05, 3.63) is 10.1 Å². The summed E-state index contributed by atoms with van der Waals surface area (Å²) in [5, 5.41) is 9.75. The first kappa shape index (κ1) is 10.4. The molecule has 2 aliphatic rings. The van der Waals surface area contributed by atoms with Crippen LogP contribution in [0.2, 0.25) is 0 Å². The number of hydrogen-bond acceptors (Lipinski definition) is 4. The van der Waals surface area contributed by atoms with E-state index in [0.717, 1.165) is 0 Å². The lowest BCUT2D eigenvalue weighted by atomic mass is 10.1. The van der Waals surface area contributed by atoms with Crippen molar-refractivity contribution in [3.8, 4) is 0 Å². The fraction of sp³-hybridized carbons (Fsp3) is 1.00. The molecule has 0 aromatic carbocycles. The van der Waals surface area contributed by atoms with Crippen molar-refractivity contribution in [3.63, 3.8) is 0 Å². The average Bonchev–Trinajstić information content (AvgIpc) is 2.30. The van der Waals surface area contributed by atoms with E-state index in [1.807, 2.05) is 0 Å². The SMILES string of the molecule is O=[N+]([O-])C1(Br)CC2CCC(C1)S2(=O)=O. The third-order valence-electron chi connectivity index (χ3n) is 3.15. The Morgan fingerprint density at radius 3 is 2.07 bits per heavy atom. The Bertz CT molecular complexity index is 359. The largest absolute Gasteiger partial charge is 0.277 e. The molecule has 2 rings (SSSR count). The highest BCUT2D eigenvalue weighted by atomic mass is 79.9. The smallest absolute Gasteiger partial charge is 0.263 e. The topological polar surface area (TPSA) is 77.3 Å². The van der Waals surface area contributed by atoms with E-state index >= 15 is 0 Å². The molecule has 2 atom stereocenters. The first-order valence-electron chi connectivity index (χ1n) is 4.42. The summed E-state index contributed by atoms with van der Waals surface area (Å²) in [5.41, 5.74) is 0. The lowest BCUT2D eigenvalue weighted by Crippen LogP contribution is -2.45. The molecule has 2 bridgehead atoms. The van der Waals surface area contributed by atoms with Gasteiger partial charge >= 0.3 is 0 Å². The average molecular weight is 284 g/mol. The second-order valence-corrected chi connectivity index (χ2v) is 7.98. The molecule has 0 amide bonds. The van der Waals surface area contributed by atoms with E-state index in [-0.39, 0.29) is 12.8 Å². The van der Waals surface area contributed by atoms with Crippen LogP contribution in [0, 0.1) is 10.1 Å². The van der Waals surface area contributed by atoms with E-state index in [9.17, 15) is 18.5 Å². The lowest BCUT2D eigenvalue weighted by Gasteiger charge is -2.28. The van der Waals surface area contributed by atoms with Gasteiger partial charge in [0.25, 0.3) is 4.45 Å². The maximum atomic E-state index is 11.6. The molecule has 0 saturated carbocycles. The molecule has 2 saturated heterocycles. The molecular formula is C7H10BrNO4S. The zero-order valence-electron chi connectivity index (χ0n) is 7.35. The summed E-state index contributed by atoms with van der Waals surface area (Å²) in [6.45, 7) is 0. The second kappa shape index (κ2) is 2.91. The van der Waals surface area contributed by atoms with E-state index < -0.39 is 29.7 Å². The zero-order valence-corrected chi connectivity index (χ0v) is 9.75. The van der Waals surface area contributed by atoms with Crippen LogP contribution in [0.3, 0.4) is 0 Å². The van der Waals surface area contributed by atoms with Gasteiger partial charge in [0.15, 0.2) is 9.84 Å². The molecule has 80 valence electrons. The Labute approximate surface area is 90.1 Å². The minimum absolute atomic E-state index is 0.110. The number of fused-ring (bicyclic) bond motifs is 2. The number of sulfone groups is 1. The van der Waals surface area contributed by atoms with Crippen LogP contribution in [0.1, 0.15) is 25.7 Å². The Hall–Kier alpha value is -0.170. The highest BCUT2D eigenvalue weighted by molar-refractivity contribution is 9.10. The predicted octanol–water partition coefficient (Wildman–Crippen LogP) is 1.09. The van der Waals surface area contributed by atoms with Crippen molar-refractivity contribution < 1.29 is 13.3 Å². The summed E-state index contributed by atoms with van der Waals surface area (Å²) >= 11 is 3.07. The van der Waals surface area contributed by atoms with Gasteiger partial charge in [0.05, 0.1) is 10.5 Å². The third-order valence-corrected chi connectivity index (χ3v) is 6.75. The van der Waals surface area contributed by atoms with Crippen LogP contribution in [0.5, 0.6) is 0 Å². The molecule has 7 heteroatoms. The minimum Gasteiger partial charge on any atom is -0.263 e. The number of nitro groups is 1. The van der Waals surface area contributed by atoms with Gasteiger partial charge in [0.2, 0.25) is 0 Å². The van der Waals surface area contributed by atoms with Crippen molar-refractivity contribution in [2.75, 3.05) is 0 Å². The summed E-state index contributed by atoms with van der Waals surface area (Å²) in [7, 11) is -3.07. The Balaban J connectivity index is 2.34. The highest BCUT2D eigenvalue weighted by Crippen LogP contribution is 2.47. The number of halogens is 1. The quantitative estimate of drug-likeness (QED) is 0.312. The molecule has 0 N–H and O–H groups in total. The van der Waals surface area contributed by atoms with Gasteiger partial charge in [0.1, 0.15) is 0 Å². The van der Waals surface area contributed by atoms with Gasteiger partial charge in [-0.15, -0.1) is 0 Å². The summed E-state index contributed by atoms with van der Waals surface area (Å²) in [6, 6.07) is 0. The Morgan fingerprint density at radius 1 is 1.29 bits per heavy atom. The number of hydrogen-bond donors (Lipinski definition) is 0. The summed E-state index contributed by atoms with van der Waals surface area (Å²) in [4.78, 5) is 10.4. The number of rotatable bonds is 1. The standard InChI is InChI=1S/C7H10BrNO4S/c8-7(9(10)11)3-5-1-2-6(4-7)14(5,12)13/h5-6H,1-4H2. The van der Waals surface area contributed by atoms with E-state index in [1.165, 1.54) is 0 Å². The minimum atomic E-state index is -3.07. The normalized spacial score (nSPS) is 44.9. The van der Waals surface area contributed by atoms with Crippen molar-refractivity contribution in [1.82, 2.24) is 0 Å². The summed E-state index contributed by atoms with van der Waals surface area (Å²) < 4.78 is 22.1. The third kappa shape index (κ3) is 1.29. The van der Waals surface area contributed by atoms with Crippen LogP contribution in [-0.4, -0.2) is 28.3 Å². The molecule has 2 aliphatic heterocycles. The molecule has 0 aromatic heterocycles. The monoisotopic (exact) mass is 283 g/mol. The van der Waals surface area contributed by atoms with Crippen molar-refractivity contribution in [2.45, 2.75) is 40.6 Å². The molecule has 2 fully saturated rings. The van der Waals surface area contributed by atoms with Crippen molar-refractivity contribution in [1.29, 1.82) is 0 Å². The molecule has 0 radical (unpaired) electrons. The molecule has 5 nitrogen and oxygen atoms in total. The van der Waals surface area contributed by atoms with Crippen LogP contribution in [0.4, 0.5) is 0 Å². The molecule has 14 heavy (non-hydrogen) atoms. The maximum Gasteiger partial charge on any atom is 0.277 e. The van der Waals surface area contributed by atoms with Gasteiger partial charge in [-0.1, -0.05) is 0 Å². The molecule has 2 unspecified atom stereocenters. The summed E-state index contributed by atoms with van der Waals surface area (Å²) in [5.74, 6) is 0. The van der Waals surface area contributed by atoms with Crippen LogP contribution >= 0.6 is 15.9 Å². The van der Waals surface area contributed by atoms with Crippen LogP contribution in [0.25, 0.3) is 0 Å². The van der Waals surface area contributed by atoms with E-state index in [0.29, 0.717) is 12.8 Å². The van der Waals surface area contributed by atoms with Crippen LogP contribution in [-0.2, 0) is 9.84 Å². The van der Waals surface area contributed by atoms with Gasteiger partial charge in [-0.2, -0.15) is 0 Å². The molecular weight excluding hydrogens is 274 g/mol. The first-order chi connectivity index (χ1) is 6.36. The van der Waals surface area contributed by atoms with E-state index in [2.05, 4.69) is 15.9 Å². The van der Waals surface area contributed by atoms with Gasteiger partial charge in [-0.25, -0.2) is 8.42 Å². The molecule has 0 aromatic rings. The Morgan fingerprint density at radius 2 is 1.71 bits per heavy atom. The first-order valence-corrected chi connectivity index (χ1v) is 6.83. The second-order valence-electron chi connectivity index (χ2n) is 3.99. The Kier molecular flexibility index (Phi) is 2.15. The lowest BCUT2D eigenvalue weighted by molar-refractivity contribution is -0.537. The maximum absolute atomic E-state index is 11.6. The molecule has 0 spiro atoms. The molecule has 2 heterocycles. The van der Waals surface area contributed by atoms with Crippen molar-refractivity contribution in [2.24, 2.45) is 0 Å². The summed E-state index contributed by atoms with van der Waals surface area (Å²) in [6.07, 6.45) is 1.38. The zero-order chi connectivity index (χ0) is 10.6. The fourth-order valence-corrected chi connectivity index (χ4v) is 6.04. The van der Waals surface area contributed by atoms with E-state index in [4.69, 9.17) is 0 Å². The fourth-order valence-electron chi connectivity index (χ4n) is 2.34. The number of alkyl halides is 1. The van der Waals surface area contributed by atoms with Crippen LogP contribution < -0.4 is 0 Å². The van der Waals surface area contributed by atoms with E-state index in [1.54, 1.807) is 0 Å². The number of nitrogens with zero attached hydrogens (tertiary/aromatic N) is 1. The van der Waals surface area contributed by atoms with Gasteiger partial charge in [0, 0.05) is 33.7 Å². The predicted molar refractivity (Wildman–Crippen MR) is 53.6 cm³/mol. The van der Waals surface area contributed by atoms with Gasteiger partial charge in [-0.05, 0) is 12.8 Å². The van der Waals surface area contributed by atoms with Crippen LogP contribution in [0.15, 0.2) is 0 Å². The van der Waals surface area contributed by atoms with Gasteiger partial charge < -0.3 is 0 Å².